The zero-order valence-electron chi connectivity index (χ0n) is 13.4. The summed E-state index contributed by atoms with van der Waals surface area (Å²) in [6, 6.07) is 19.7. The molecule has 2 aromatic rings. The molecule has 2 aromatic carbocycles. The second kappa shape index (κ2) is 8.91. The van der Waals surface area contributed by atoms with Crippen LogP contribution in [0.5, 0.6) is 0 Å². The van der Waals surface area contributed by atoms with E-state index < -0.39 is 6.04 Å². The molecular weight excluding hydrogens is 286 g/mol. The standard InChI is InChI=1S/C20H23NO2/c1-3-10-18(17-13-8-5-9-14-17)21-19(20(22)23-2)15-16-11-6-4-7-12-16/h3-9,11-14,18-19,21H,1,10,15H2,2H3/t18-,19+/m1/s1. The van der Waals surface area contributed by atoms with Gasteiger partial charge < -0.3 is 4.74 Å². The molecule has 3 nitrogen and oxygen atoms in total. The molecule has 0 bridgehead atoms. The predicted molar refractivity (Wildman–Crippen MR) is 93.1 cm³/mol. The molecule has 0 unspecified atom stereocenters. The lowest BCUT2D eigenvalue weighted by molar-refractivity contribution is -0.143. The molecule has 23 heavy (non-hydrogen) atoms. The van der Waals surface area contributed by atoms with Crippen LogP contribution in [0.15, 0.2) is 73.3 Å². The lowest BCUT2D eigenvalue weighted by Gasteiger charge is -2.24. The molecule has 0 aliphatic heterocycles. The van der Waals surface area contributed by atoms with Gasteiger partial charge in [-0.3, -0.25) is 10.1 Å². The van der Waals surface area contributed by atoms with Crippen molar-refractivity contribution in [2.45, 2.75) is 24.9 Å². The number of nitrogens with one attached hydrogen (secondary N) is 1. The highest BCUT2D eigenvalue weighted by Crippen LogP contribution is 2.19. The van der Waals surface area contributed by atoms with E-state index in [9.17, 15) is 4.79 Å². The van der Waals surface area contributed by atoms with Crippen LogP contribution in [0.25, 0.3) is 0 Å². The molecule has 2 atom stereocenters. The van der Waals surface area contributed by atoms with Gasteiger partial charge in [0, 0.05) is 6.04 Å². The molecule has 0 saturated heterocycles. The van der Waals surface area contributed by atoms with E-state index in [1.54, 1.807) is 0 Å². The zero-order chi connectivity index (χ0) is 16.5. The fourth-order valence-corrected chi connectivity index (χ4v) is 2.60. The van der Waals surface area contributed by atoms with Crippen LogP contribution < -0.4 is 5.32 Å². The summed E-state index contributed by atoms with van der Waals surface area (Å²) in [5, 5.41) is 3.42. The Kier molecular flexibility index (Phi) is 6.57. The van der Waals surface area contributed by atoms with E-state index >= 15 is 0 Å². The first-order valence-corrected chi connectivity index (χ1v) is 7.78. The molecule has 0 fully saturated rings. The Balaban J connectivity index is 2.17. The molecule has 0 saturated carbocycles. The molecule has 0 aliphatic rings. The third kappa shape index (κ3) is 5.08. The van der Waals surface area contributed by atoms with Crippen LogP contribution in [0.1, 0.15) is 23.6 Å². The molecule has 3 heteroatoms. The van der Waals surface area contributed by atoms with Gasteiger partial charge in [0.25, 0.3) is 0 Å². The van der Waals surface area contributed by atoms with Gasteiger partial charge in [0.05, 0.1) is 7.11 Å². The molecular formula is C20H23NO2. The monoisotopic (exact) mass is 309 g/mol. The maximum Gasteiger partial charge on any atom is 0.323 e. The summed E-state index contributed by atoms with van der Waals surface area (Å²) in [7, 11) is 1.42. The maximum atomic E-state index is 12.2. The number of methoxy groups -OCH3 is 1. The predicted octanol–water partition coefficient (Wildman–Crippen LogP) is 3.68. The molecule has 0 amide bonds. The Morgan fingerprint density at radius 2 is 1.74 bits per heavy atom. The van der Waals surface area contributed by atoms with Crippen molar-refractivity contribution in [3.05, 3.63) is 84.4 Å². The lowest BCUT2D eigenvalue weighted by Crippen LogP contribution is -2.41. The Hall–Kier alpha value is -2.39. The lowest BCUT2D eigenvalue weighted by atomic mass is 10.00. The maximum absolute atomic E-state index is 12.2. The molecule has 0 aromatic heterocycles. The number of hydrogen-bond donors (Lipinski definition) is 1. The molecule has 120 valence electrons. The summed E-state index contributed by atoms with van der Waals surface area (Å²) >= 11 is 0. The van der Waals surface area contributed by atoms with Gasteiger partial charge in [0.15, 0.2) is 0 Å². The van der Waals surface area contributed by atoms with Crippen molar-refractivity contribution in [2.75, 3.05) is 7.11 Å². The molecule has 1 N–H and O–H groups in total. The first-order chi connectivity index (χ1) is 11.2. The normalized spacial score (nSPS) is 13.1. The van der Waals surface area contributed by atoms with Crippen LogP contribution in [-0.4, -0.2) is 19.1 Å². The summed E-state index contributed by atoms with van der Waals surface area (Å²) < 4.78 is 4.97. The van der Waals surface area contributed by atoms with E-state index in [0.29, 0.717) is 6.42 Å². The van der Waals surface area contributed by atoms with Crippen LogP contribution in [-0.2, 0) is 16.0 Å². The number of rotatable bonds is 8. The quantitative estimate of drug-likeness (QED) is 0.597. The zero-order valence-corrected chi connectivity index (χ0v) is 13.4. The molecule has 0 aliphatic carbocycles. The van der Waals surface area contributed by atoms with Gasteiger partial charge in [-0.25, -0.2) is 0 Å². The second-order valence-corrected chi connectivity index (χ2v) is 5.42. The van der Waals surface area contributed by atoms with Crippen LogP contribution in [0, 0.1) is 0 Å². The minimum Gasteiger partial charge on any atom is -0.468 e. The van der Waals surface area contributed by atoms with E-state index in [4.69, 9.17) is 4.74 Å². The first-order valence-electron chi connectivity index (χ1n) is 7.78. The van der Waals surface area contributed by atoms with Crippen molar-refractivity contribution in [1.29, 1.82) is 0 Å². The minimum atomic E-state index is -0.396. The SMILES string of the molecule is C=CC[C@@H](N[C@@H](Cc1ccccc1)C(=O)OC)c1ccccc1. The average molecular weight is 309 g/mol. The summed E-state index contributed by atoms with van der Waals surface area (Å²) in [4.78, 5) is 12.2. The van der Waals surface area contributed by atoms with Gasteiger partial charge in [0.2, 0.25) is 0 Å². The molecule has 0 heterocycles. The minimum absolute atomic E-state index is 0.0292. The van der Waals surface area contributed by atoms with Gasteiger partial charge in [-0.1, -0.05) is 66.7 Å². The molecule has 0 radical (unpaired) electrons. The number of ether oxygens (including phenoxy) is 1. The number of benzene rings is 2. The molecule has 2 rings (SSSR count). The van der Waals surface area contributed by atoms with Crippen molar-refractivity contribution in [3.63, 3.8) is 0 Å². The van der Waals surface area contributed by atoms with E-state index in [-0.39, 0.29) is 12.0 Å². The Morgan fingerprint density at radius 1 is 1.13 bits per heavy atom. The van der Waals surface area contributed by atoms with Crippen molar-refractivity contribution >= 4 is 5.97 Å². The summed E-state index contributed by atoms with van der Waals surface area (Å²) in [6.07, 6.45) is 3.20. The first kappa shape index (κ1) is 17.0. The van der Waals surface area contributed by atoms with Crippen molar-refractivity contribution in [1.82, 2.24) is 5.32 Å². The summed E-state index contributed by atoms with van der Waals surface area (Å²) in [6.45, 7) is 3.83. The number of esters is 1. The van der Waals surface area contributed by atoms with Gasteiger partial charge >= 0.3 is 5.97 Å². The van der Waals surface area contributed by atoms with E-state index in [0.717, 1.165) is 17.5 Å². The molecule has 0 spiro atoms. The van der Waals surface area contributed by atoms with Gasteiger partial charge in [0.1, 0.15) is 6.04 Å². The largest absolute Gasteiger partial charge is 0.468 e. The second-order valence-electron chi connectivity index (χ2n) is 5.42. The highest BCUT2D eigenvalue weighted by molar-refractivity contribution is 5.76. The van der Waals surface area contributed by atoms with E-state index in [2.05, 4.69) is 24.0 Å². The highest BCUT2D eigenvalue weighted by Gasteiger charge is 2.23. The third-order valence-electron chi connectivity index (χ3n) is 3.78. The van der Waals surface area contributed by atoms with Crippen LogP contribution in [0.2, 0.25) is 0 Å². The Bertz CT molecular complexity index is 610. The van der Waals surface area contributed by atoms with Crippen LogP contribution in [0.3, 0.4) is 0 Å². The van der Waals surface area contributed by atoms with Crippen molar-refractivity contribution in [2.24, 2.45) is 0 Å². The van der Waals surface area contributed by atoms with Gasteiger partial charge in [-0.05, 0) is 24.0 Å². The average Bonchev–Trinajstić information content (AvgIpc) is 2.61. The number of carbonyl (C=O) groups is 1. The van der Waals surface area contributed by atoms with Crippen LogP contribution >= 0.6 is 0 Å². The van der Waals surface area contributed by atoms with E-state index in [1.807, 2.05) is 54.6 Å². The number of carbonyl (C=O) groups excluding carboxylic acids is 1. The Labute approximate surface area is 138 Å². The smallest absolute Gasteiger partial charge is 0.323 e. The number of hydrogen-bond acceptors (Lipinski definition) is 3. The van der Waals surface area contributed by atoms with Crippen molar-refractivity contribution < 1.29 is 9.53 Å². The fraction of sp³-hybridized carbons (Fsp3) is 0.250. The van der Waals surface area contributed by atoms with E-state index in [1.165, 1.54) is 7.11 Å². The summed E-state index contributed by atoms with van der Waals surface area (Å²) in [5.74, 6) is -0.251. The topological polar surface area (TPSA) is 38.3 Å². The summed E-state index contributed by atoms with van der Waals surface area (Å²) in [5.41, 5.74) is 2.23. The Morgan fingerprint density at radius 3 is 2.30 bits per heavy atom. The van der Waals surface area contributed by atoms with Crippen LogP contribution in [0.4, 0.5) is 0 Å². The van der Waals surface area contributed by atoms with Crippen molar-refractivity contribution in [3.8, 4) is 0 Å². The third-order valence-corrected chi connectivity index (χ3v) is 3.78. The highest BCUT2D eigenvalue weighted by atomic mass is 16.5. The van der Waals surface area contributed by atoms with Gasteiger partial charge in [-0.2, -0.15) is 0 Å². The fourth-order valence-electron chi connectivity index (χ4n) is 2.60. The van der Waals surface area contributed by atoms with Gasteiger partial charge in [-0.15, -0.1) is 6.58 Å².